The van der Waals surface area contributed by atoms with E-state index in [1.807, 2.05) is 32.1 Å². The molecular formula is C28H34FN3O4. The molecule has 36 heavy (non-hydrogen) atoms. The van der Waals surface area contributed by atoms with Gasteiger partial charge in [0, 0.05) is 5.69 Å². The number of ether oxygens (including phenoxy) is 1. The van der Waals surface area contributed by atoms with Gasteiger partial charge in [0.1, 0.15) is 11.9 Å². The number of methoxy groups -OCH3 is 1. The highest BCUT2D eigenvalue weighted by Crippen LogP contribution is 2.28. The molecule has 8 heteroatoms. The van der Waals surface area contributed by atoms with Crippen LogP contribution in [0, 0.1) is 25.6 Å². The van der Waals surface area contributed by atoms with E-state index in [1.165, 1.54) is 13.2 Å². The van der Waals surface area contributed by atoms with Crippen molar-refractivity contribution in [2.45, 2.75) is 58.4 Å². The van der Waals surface area contributed by atoms with Crippen LogP contribution in [0.2, 0.25) is 0 Å². The minimum absolute atomic E-state index is 0.00385. The van der Waals surface area contributed by atoms with E-state index in [0.29, 0.717) is 12.1 Å². The standard InChI is InChI=1S/C28H34FN3O4/c1-5-9-19-14-17(2)24(18(3)15-19)32-28(35)30-23-16-21(29)12-13-22(23)26(33)31-25(27(34)36-4)20-10-7-6-8-11-20/h5,12-16,20,25H,1,6-11H2,2-4H3,(H,31,33)(H2,30,32,35)/t25-/m0/s1. The summed E-state index contributed by atoms with van der Waals surface area (Å²) >= 11 is 0. The van der Waals surface area contributed by atoms with Crippen LogP contribution in [-0.2, 0) is 16.0 Å². The normalized spacial score (nSPS) is 14.4. The molecule has 1 aliphatic rings. The van der Waals surface area contributed by atoms with Crippen molar-refractivity contribution in [3.63, 3.8) is 0 Å². The van der Waals surface area contributed by atoms with E-state index in [0.717, 1.165) is 60.9 Å². The first-order chi connectivity index (χ1) is 17.2. The van der Waals surface area contributed by atoms with Crippen LogP contribution >= 0.6 is 0 Å². The van der Waals surface area contributed by atoms with Crippen molar-refractivity contribution in [3.05, 3.63) is 71.1 Å². The monoisotopic (exact) mass is 495 g/mol. The van der Waals surface area contributed by atoms with E-state index in [2.05, 4.69) is 22.5 Å². The zero-order chi connectivity index (χ0) is 26.2. The molecule has 0 spiro atoms. The third-order valence-electron chi connectivity index (χ3n) is 6.55. The largest absolute Gasteiger partial charge is 0.467 e. The fraction of sp³-hybridized carbons (Fsp3) is 0.393. The summed E-state index contributed by atoms with van der Waals surface area (Å²) in [6, 6.07) is 6.00. The predicted octanol–water partition coefficient (Wildman–Crippen LogP) is 5.67. The van der Waals surface area contributed by atoms with Gasteiger partial charge >= 0.3 is 12.0 Å². The van der Waals surface area contributed by atoms with Crippen LogP contribution in [0.15, 0.2) is 43.0 Å². The zero-order valence-electron chi connectivity index (χ0n) is 21.1. The molecule has 3 rings (SSSR count). The minimum Gasteiger partial charge on any atom is -0.467 e. The first kappa shape index (κ1) is 26.9. The molecule has 0 unspecified atom stereocenters. The average molecular weight is 496 g/mol. The maximum absolute atomic E-state index is 14.1. The van der Waals surface area contributed by atoms with Gasteiger partial charge in [-0.25, -0.2) is 14.0 Å². The van der Waals surface area contributed by atoms with Gasteiger partial charge in [-0.1, -0.05) is 37.5 Å². The maximum Gasteiger partial charge on any atom is 0.328 e. The van der Waals surface area contributed by atoms with Crippen LogP contribution in [0.25, 0.3) is 0 Å². The highest BCUT2D eigenvalue weighted by atomic mass is 19.1. The molecule has 0 aromatic heterocycles. The average Bonchev–Trinajstić information content (AvgIpc) is 2.85. The Labute approximate surface area is 211 Å². The van der Waals surface area contributed by atoms with Crippen LogP contribution in [0.3, 0.4) is 0 Å². The fourth-order valence-corrected chi connectivity index (χ4v) is 4.80. The molecule has 192 valence electrons. The first-order valence-electron chi connectivity index (χ1n) is 12.2. The summed E-state index contributed by atoms with van der Waals surface area (Å²) in [4.78, 5) is 38.5. The minimum atomic E-state index is -0.811. The Morgan fingerprint density at radius 1 is 1.08 bits per heavy atom. The molecule has 1 aliphatic carbocycles. The summed E-state index contributed by atoms with van der Waals surface area (Å²) < 4.78 is 19.0. The summed E-state index contributed by atoms with van der Waals surface area (Å²) in [5, 5.41) is 8.14. The number of nitrogens with one attached hydrogen (secondary N) is 3. The van der Waals surface area contributed by atoms with E-state index in [4.69, 9.17) is 4.74 Å². The molecule has 0 heterocycles. The molecule has 0 radical (unpaired) electrons. The smallest absolute Gasteiger partial charge is 0.328 e. The summed E-state index contributed by atoms with van der Waals surface area (Å²) in [7, 11) is 1.29. The summed E-state index contributed by atoms with van der Waals surface area (Å²) in [6.07, 6.45) is 7.18. The Kier molecular flexibility index (Phi) is 9.22. The first-order valence-corrected chi connectivity index (χ1v) is 12.2. The highest BCUT2D eigenvalue weighted by molar-refractivity contribution is 6.07. The number of benzene rings is 2. The van der Waals surface area contributed by atoms with Crippen molar-refractivity contribution in [1.29, 1.82) is 0 Å². The number of amides is 3. The number of rotatable bonds is 8. The van der Waals surface area contributed by atoms with Crippen molar-refractivity contribution in [3.8, 4) is 0 Å². The van der Waals surface area contributed by atoms with Gasteiger partial charge in [0.15, 0.2) is 0 Å². The number of aryl methyl sites for hydroxylation is 2. The summed E-state index contributed by atoms with van der Waals surface area (Å²) in [6.45, 7) is 7.52. The number of hydrogen-bond acceptors (Lipinski definition) is 4. The Bertz CT molecular complexity index is 1120. The SMILES string of the molecule is C=CCc1cc(C)c(NC(=O)Nc2cc(F)ccc2C(=O)N[C@H](C(=O)OC)C2CCCCC2)c(C)c1. The summed E-state index contributed by atoms with van der Waals surface area (Å²) in [5.41, 5.74) is 3.49. The number of allylic oxidation sites excluding steroid dienone is 1. The lowest BCUT2D eigenvalue weighted by atomic mass is 9.83. The number of urea groups is 1. The number of carbonyl (C=O) groups is 3. The zero-order valence-corrected chi connectivity index (χ0v) is 21.1. The molecule has 2 aromatic carbocycles. The van der Waals surface area contributed by atoms with Crippen LogP contribution in [0.4, 0.5) is 20.6 Å². The van der Waals surface area contributed by atoms with Crippen molar-refractivity contribution in [2.24, 2.45) is 5.92 Å². The van der Waals surface area contributed by atoms with E-state index in [9.17, 15) is 18.8 Å². The van der Waals surface area contributed by atoms with Crippen LogP contribution in [0.5, 0.6) is 0 Å². The van der Waals surface area contributed by atoms with Crippen LogP contribution < -0.4 is 16.0 Å². The number of esters is 1. The van der Waals surface area contributed by atoms with Gasteiger partial charge in [-0.3, -0.25) is 4.79 Å². The van der Waals surface area contributed by atoms with E-state index >= 15 is 0 Å². The molecule has 0 aliphatic heterocycles. The molecule has 0 bridgehead atoms. The maximum atomic E-state index is 14.1. The Hall–Kier alpha value is -3.68. The van der Waals surface area contributed by atoms with E-state index in [-0.39, 0.29) is 17.2 Å². The van der Waals surface area contributed by atoms with Gasteiger partial charge in [0.2, 0.25) is 0 Å². The van der Waals surface area contributed by atoms with Crippen molar-refractivity contribution in [2.75, 3.05) is 17.7 Å². The third-order valence-corrected chi connectivity index (χ3v) is 6.55. The van der Waals surface area contributed by atoms with Gasteiger partial charge in [-0.2, -0.15) is 0 Å². The van der Waals surface area contributed by atoms with Crippen LogP contribution in [-0.4, -0.2) is 31.1 Å². The third kappa shape index (κ3) is 6.71. The fourth-order valence-electron chi connectivity index (χ4n) is 4.80. The molecule has 1 fully saturated rings. The molecule has 0 saturated heterocycles. The number of carbonyl (C=O) groups excluding carboxylic acids is 3. The lowest BCUT2D eigenvalue weighted by molar-refractivity contribution is -0.144. The second kappa shape index (κ2) is 12.3. The number of anilines is 2. The Morgan fingerprint density at radius 3 is 2.36 bits per heavy atom. The van der Waals surface area contributed by atoms with Crippen molar-refractivity contribution >= 4 is 29.3 Å². The predicted molar refractivity (Wildman–Crippen MR) is 139 cm³/mol. The molecule has 1 saturated carbocycles. The number of halogens is 1. The second-order valence-electron chi connectivity index (χ2n) is 9.24. The van der Waals surface area contributed by atoms with E-state index < -0.39 is 29.8 Å². The lowest BCUT2D eigenvalue weighted by Gasteiger charge is -2.29. The quantitative estimate of drug-likeness (QED) is 0.325. The van der Waals surface area contributed by atoms with Gasteiger partial charge in [0.25, 0.3) is 5.91 Å². The molecule has 3 N–H and O–H groups in total. The molecule has 1 atom stereocenters. The van der Waals surface area contributed by atoms with E-state index in [1.54, 1.807) is 0 Å². The van der Waals surface area contributed by atoms with Crippen molar-refractivity contribution < 1.29 is 23.5 Å². The Balaban J connectivity index is 1.79. The van der Waals surface area contributed by atoms with Gasteiger partial charge < -0.3 is 20.7 Å². The molecule has 7 nitrogen and oxygen atoms in total. The highest BCUT2D eigenvalue weighted by Gasteiger charge is 2.32. The van der Waals surface area contributed by atoms with Crippen LogP contribution in [0.1, 0.15) is 59.2 Å². The topological polar surface area (TPSA) is 96.5 Å². The van der Waals surface area contributed by atoms with Gasteiger partial charge in [-0.05, 0) is 73.9 Å². The van der Waals surface area contributed by atoms with Crippen molar-refractivity contribution in [1.82, 2.24) is 5.32 Å². The van der Waals surface area contributed by atoms with Gasteiger partial charge in [0.05, 0.1) is 18.4 Å². The molecule has 3 amide bonds. The number of hydrogen-bond donors (Lipinski definition) is 3. The van der Waals surface area contributed by atoms with Gasteiger partial charge in [-0.15, -0.1) is 6.58 Å². The summed E-state index contributed by atoms with van der Waals surface area (Å²) in [5.74, 6) is -1.76. The Morgan fingerprint density at radius 2 is 1.75 bits per heavy atom. The lowest BCUT2D eigenvalue weighted by Crippen LogP contribution is -2.47. The second-order valence-corrected chi connectivity index (χ2v) is 9.24. The molecular weight excluding hydrogens is 461 g/mol. The molecule has 2 aromatic rings.